The van der Waals surface area contributed by atoms with E-state index in [1.165, 1.54) is 0 Å². The summed E-state index contributed by atoms with van der Waals surface area (Å²) in [5.41, 5.74) is 12.0. The zero-order chi connectivity index (χ0) is 15.6. The molecule has 0 bridgehead atoms. The molecule has 2 amide bonds. The van der Waals surface area contributed by atoms with E-state index >= 15 is 0 Å². The summed E-state index contributed by atoms with van der Waals surface area (Å²) in [6, 6.07) is 7.30. The number of rotatable bonds is 4. The summed E-state index contributed by atoms with van der Waals surface area (Å²) in [7, 11) is 0. The van der Waals surface area contributed by atoms with Crippen molar-refractivity contribution in [3.63, 3.8) is 0 Å². The van der Waals surface area contributed by atoms with Gasteiger partial charge < -0.3 is 16.4 Å². The Morgan fingerprint density at radius 3 is 2.38 bits per heavy atom. The lowest BCUT2D eigenvalue weighted by atomic mass is 9.89. The van der Waals surface area contributed by atoms with Gasteiger partial charge in [0.1, 0.15) is 4.99 Å². The monoisotopic (exact) mass is 305 g/mol. The van der Waals surface area contributed by atoms with Crippen LogP contribution in [0.4, 0.5) is 0 Å². The molecule has 4 N–H and O–H groups in total. The van der Waals surface area contributed by atoms with E-state index in [9.17, 15) is 9.59 Å². The molecule has 0 radical (unpaired) electrons. The second-order valence-corrected chi connectivity index (χ2v) is 6.17. The lowest BCUT2D eigenvalue weighted by Gasteiger charge is -2.21. The maximum atomic E-state index is 12.3. The van der Waals surface area contributed by atoms with Gasteiger partial charge in [0, 0.05) is 18.7 Å². The van der Waals surface area contributed by atoms with E-state index < -0.39 is 5.41 Å². The fraction of sp³-hybridized carbons (Fsp3) is 0.400. The van der Waals surface area contributed by atoms with E-state index in [1.54, 1.807) is 11.8 Å². The van der Waals surface area contributed by atoms with Gasteiger partial charge in [-0.2, -0.15) is 0 Å². The van der Waals surface area contributed by atoms with Crippen molar-refractivity contribution in [2.24, 2.45) is 16.9 Å². The third-order valence-corrected chi connectivity index (χ3v) is 4.25. The van der Waals surface area contributed by atoms with E-state index in [0.29, 0.717) is 30.9 Å². The number of carbonyl (C=O) groups excluding carboxylic acids is 2. The quantitative estimate of drug-likeness (QED) is 0.797. The van der Waals surface area contributed by atoms with Crippen molar-refractivity contribution in [1.82, 2.24) is 4.90 Å². The van der Waals surface area contributed by atoms with Gasteiger partial charge in [-0.3, -0.25) is 9.59 Å². The van der Waals surface area contributed by atoms with Gasteiger partial charge in [-0.05, 0) is 18.9 Å². The molecule has 1 unspecified atom stereocenters. The van der Waals surface area contributed by atoms with Crippen molar-refractivity contribution in [1.29, 1.82) is 0 Å². The SMILES string of the molecule is CC1(C(N)=O)CCN(C(=O)Cc2ccc(C(N)=S)cc2)C1. The standard InChI is InChI=1S/C15H19N3O2S/c1-15(14(17)20)6-7-18(9-15)12(19)8-10-2-4-11(5-3-10)13(16)21/h2-5H,6-9H2,1H3,(H2,16,21)(H2,17,20). The molecule has 112 valence electrons. The predicted molar refractivity (Wildman–Crippen MR) is 84.5 cm³/mol. The first kappa shape index (κ1) is 15.4. The number of thiocarbonyl (C=S) groups is 1. The number of likely N-dealkylation sites (tertiary alicyclic amines) is 1. The number of hydrogen-bond acceptors (Lipinski definition) is 3. The van der Waals surface area contributed by atoms with Crippen molar-refractivity contribution in [3.05, 3.63) is 35.4 Å². The average Bonchev–Trinajstić information content (AvgIpc) is 2.83. The van der Waals surface area contributed by atoms with E-state index in [2.05, 4.69) is 0 Å². The lowest BCUT2D eigenvalue weighted by molar-refractivity contribution is -0.131. The van der Waals surface area contributed by atoms with Gasteiger partial charge in [0.25, 0.3) is 0 Å². The molecule has 1 saturated heterocycles. The van der Waals surface area contributed by atoms with Crippen molar-refractivity contribution in [2.45, 2.75) is 19.8 Å². The van der Waals surface area contributed by atoms with Crippen molar-refractivity contribution < 1.29 is 9.59 Å². The molecular weight excluding hydrogens is 286 g/mol. The molecule has 21 heavy (non-hydrogen) atoms. The third-order valence-electron chi connectivity index (χ3n) is 4.01. The summed E-state index contributed by atoms with van der Waals surface area (Å²) < 4.78 is 0. The van der Waals surface area contributed by atoms with Crippen LogP contribution in [-0.4, -0.2) is 34.8 Å². The molecule has 5 nitrogen and oxygen atoms in total. The molecule has 6 heteroatoms. The highest BCUT2D eigenvalue weighted by atomic mass is 32.1. The first-order chi connectivity index (χ1) is 9.82. The minimum Gasteiger partial charge on any atom is -0.389 e. The minimum atomic E-state index is -0.606. The summed E-state index contributed by atoms with van der Waals surface area (Å²) in [6.07, 6.45) is 0.918. The highest BCUT2D eigenvalue weighted by Crippen LogP contribution is 2.29. The van der Waals surface area contributed by atoms with Crippen LogP contribution >= 0.6 is 12.2 Å². The van der Waals surface area contributed by atoms with E-state index in [-0.39, 0.29) is 11.8 Å². The lowest BCUT2D eigenvalue weighted by Crippen LogP contribution is -2.39. The number of nitrogens with zero attached hydrogens (tertiary/aromatic N) is 1. The Morgan fingerprint density at radius 2 is 1.90 bits per heavy atom. The Morgan fingerprint density at radius 1 is 1.29 bits per heavy atom. The molecule has 1 aliphatic rings. The number of amides is 2. The van der Waals surface area contributed by atoms with Crippen LogP contribution in [0.3, 0.4) is 0 Å². The van der Waals surface area contributed by atoms with Gasteiger partial charge in [-0.25, -0.2) is 0 Å². The van der Waals surface area contributed by atoms with Gasteiger partial charge >= 0.3 is 0 Å². The molecule has 2 rings (SSSR count). The minimum absolute atomic E-state index is 0.00282. The summed E-state index contributed by atoms with van der Waals surface area (Å²) in [4.78, 5) is 25.7. The first-order valence-electron chi connectivity index (χ1n) is 6.78. The van der Waals surface area contributed by atoms with Crippen LogP contribution < -0.4 is 11.5 Å². The van der Waals surface area contributed by atoms with Crippen LogP contribution in [-0.2, 0) is 16.0 Å². The number of carbonyl (C=O) groups is 2. The molecule has 1 heterocycles. The summed E-state index contributed by atoms with van der Waals surface area (Å²) in [6.45, 7) is 2.77. The largest absolute Gasteiger partial charge is 0.389 e. The maximum Gasteiger partial charge on any atom is 0.227 e. The molecule has 1 atom stereocenters. The Hall–Kier alpha value is -1.95. The summed E-state index contributed by atoms with van der Waals surface area (Å²) >= 11 is 4.89. The molecular formula is C15H19N3O2S. The average molecular weight is 305 g/mol. The second kappa shape index (κ2) is 5.81. The number of benzene rings is 1. The smallest absolute Gasteiger partial charge is 0.227 e. The van der Waals surface area contributed by atoms with Gasteiger partial charge in [0.05, 0.1) is 11.8 Å². The van der Waals surface area contributed by atoms with Crippen LogP contribution in [0.2, 0.25) is 0 Å². The molecule has 0 aliphatic carbocycles. The third kappa shape index (κ3) is 3.39. The van der Waals surface area contributed by atoms with Crippen LogP contribution in [0.15, 0.2) is 24.3 Å². The Kier molecular flexibility index (Phi) is 4.27. The fourth-order valence-electron chi connectivity index (χ4n) is 2.45. The summed E-state index contributed by atoms with van der Waals surface area (Å²) in [5, 5.41) is 0. The molecule has 1 fully saturated rings. The predicted octanol–water partition coefficient (Wildman–Crippen LogP) is 0.587. The Balaban J connectivity index is 1.99. The molecule has 1 aromatic rings. The zero-order valence-corrected chi connectivity index (χ0v) is 12.8. The topological polar surface area (TPSA) is 89.4 Å². The van der Waals surface area contributed by atoms with E-state index in [4.69, 9.17) is 23.7 Å². The molecule has 0 saturated carbocycles. The van der Waals surface area contributed by atoms with Gasteiger partial charge in [-0.1, -0.05) is 36.5 Å². The van der Waals surface area contributed by atoms with Crippen LogP contribution in [0.1, 0.15) is 24.5 Å². The number of primary amides is 1. The number of nitrogens with two attached hydrogens (primary N) is 2. The van der Waals surface area contributed by atoms with Crippen LogP contribution in [0.25, 0.3) is 0 Å². The highest BCUT2D eigenvalue weighted by Gasteiger charge is 2.40. The molecule has 0 spiro atoms. The fourth-order valence-corrected chi connectivity index (χ4v) is 2.58. The number of hydrogen-bond donors (Lipinski definition) is 2. The first-order valence-corrected chi connectivity index (χ1v) is 7.19. The van der Waals surface area contributed by atoms with Crippen molar-refractivity contribution in [2.75, 3.05) is 13.1 Å². The maximum absolute atomic E-state index is 12.3. The zero-order valence-electron chi connectivity index (χ0n) is 12.0. The second-order valence-electron chi connectivity index (χ2n) is 5.73. The molecule has 0 aromatic heterocycles. The molecule has 1 aromatic carbocycles. The van der Waals surface area contributed by atoms with Gasteiger partial charge in [-0.15, -0.1) is 0 Å². The van der Waals surface area contributed by atoms with Crippen LogP contribution in [0, 0.1) is 5.41 Å². The van der Waals surface area contributed by atoms with Gasteiger partial charge in [0.15, 0.2) is 0 Å². The van der Waals surface area contributed by atoms with E-state index in [1.807, 2.05) is 24.3 Å². The molecule has 1 aliphatic heterocycles. The highest BCUT2D eigenvalue weighted by molar-refractivity contribution is 7.80. The Bertz CT molecular complexity index is 585. The van der Waals surface area contributed by atoms with Crippen molar-refractivity contribution in [3.8, 4) is 0 Å². The van der Waals surface area contributed by atoms with Crippen molar-refractivity contribution >= 4 is 29.0 Å². The normalized spacial score (nSPS) is 21.3. The Labute approximate surface area is 129 Å². The summed E-state index contributed by atoms with van der Waals surface area (Å²) in [5.74, 6) is -0.346. The van der Waals surface area contributed by atoms with Crippen LogP contribution in [0.5, 0.6) is 0 Å². The van der Waals surface area contributed by atoms with E-state index in [0.717, 1.165) is 11.1 Å². The van der Waals surface area contributed by atoms with Gasteiger partial charge in [0.2, 0.25) is 11.8 Å².